The van der Waals surface area contributed by atoms with Gasteiger partial charge in [0.15, 0.2) is 5.69 Å². The Kier molecular flexibility index (Phi) is 5.60. The highest BCUT2D eigenvalue weighted by Gasteiger charge is 2.24. The van der Waals surface area contributed by atoms with E-state index in [1.54, 1.807) is 16.8 Å². The molecule has 2 aromatic carbocycles. The van der Waals surface area contributed by atoms with Crippen LogP contribution >= 0.6 is 23.4 Å². The normalized spacial score (nSPS) is 11.0. The van der Waals surface area contributed by atoms with Crippen molar-refractivity contribution < 1.29 is 14.7 Å². The number of rotatable bonds is 5. The number of esters is 1. The van der Waals surface area contributed by atoms with E-state index in [1.807, 2.05) is 42.5 Å². The van der Waals surface area contributed by atoms with Crippen LogP contribution in [0.4, 0.5) is 0 Å². The molecule has 0 bridgehead atoms. The number of halogens is 1. The summed E-state index contributed by atoms with van der Waals surface area (Å²) >= 11 is 7.31. The SMILES string of the molecule is COC(=O)c1nn(-c2ccccc2)c(Sc2ccc(Cl)cc2)c1/C=N/O. The van der Waals surface area contributed by atoms with Gasteiger partial charge in [0.05, 0.1) is 24.6 Å². The molecule has 6 nitrogen and oxygen atoms in total. The smallest absolute Gasteiger partial charge is 0.359 e. The Bertz CT molecular complexity index is 940. The van der Waals surface area contributed by atoms with Gasteiger partial charge in [-0.2, -0.15) is 5.10 Å². The number of nitrogens with zero attached hydrogens (tertiary/aromatic N) is 3. The molecule has 0 saturated carbocycles. The van der Waals surface area contributed by atoms with Crippen LogP contribution in [0.5, 0.6) is 0 Å². The summed E-state index contributed by atoms with van der Waals surface area (Å²) in [6, 6.07) is 16.6. The summed E-state index contributed by atoms with van der Waals surface area (Å²) in [5, 5.41) is 17.8. The molecule has 0 unspecified atom stereocenters. The number of para-hydroxylation sites is 1. The third kappa shape index (κ3) is 3.74. The summed E-state index contributed by atoms with van der Waals surface area (Å²) in [6.07, 6.45) is 1.18. The number of hydrogen-bond acceptors (Lipinski definition) is 6. The largest absolute Gasteiger partial charge is 0.464 e. The molecular formula is C18H14ClN3O3S. The number of carbonyl (C=O) groups is 1. The standard InChI is InChI=1S/C18H14ClN3O3S/c1-25-18(23)16-15(11-20-24)17(26-14-9-7-12(19)8-10-14)22(21-16)13-5-3-2-4-6-13/h2-11,24H,1H3/b20-11+. The van der Waals surface area contributed by atoms with Gasteiger partial charge in [0.25, 0.3) is 0 Å². The van der Waals surface area contributed by atoms with Crippen LogP contribution in [-0.2, 0) is 4.74 Å². The van der Waals surface area contributed by atoms with Crippen LogP contribution < -0.4 is 0 Å². The fourth-order valence-electron chi connectivity index (χ4n) is 2.29. The third-order valence-electron chi connectivity index (χ3n) is 3.47. The minimum absolute atomic E-state index is 0.0608. The number of carbonyl (C=O) groups excluding carboxylic acids is 1. The first-order valence-electron chi connectivity index (χ1n) is 7.51. The average Bonchev–Trinajstić information content (AvgIpc) is 3.02. The topological polar surface area (TPSA) is 76.7 Å². The van der Waals surface area contributed by atoms with E-state index in [4.69, 9.17) is 21.5 Å². The van der Waals surface area contributed by atoms with Gasteiger partial charge in [-0.25, -0.2) is 9.48 Å². The minimum Gasteiger partial charge on any atom is -0.464 e. The zero-order valence-corrected chi connectivity index (χ0v) is 15.2. The summed E-state index contributed by atoms with van der Waals surface area (Å²) in [4.78, 5) is 13.0. The van der Waals surface area contributed by atoms with Crippen LogP contribution in [0.3, 0.4) is 0 Å². The molecule has 0 aliphatic heterocycles. The minimum atomic E-state index is -0.618. The number of oxime groups is 1. The van der Waals surface area contributed by atoms with Gasteiger partial charge >= 0.3 is 5.97 Å². The van der Waals surface area contributed by atoms with Crippen molar-refractivity contribution in [3.8, 4) is 5.69 Å². The highest BCUT2D eigenvalue weighted by molar-refractivity contribution is 7.99. The number of ether oxygens (including phenoxy) is 1. The van der Waals surface area contributed by atoms with Crippen LogP contribution in [-0.4, -0.2) is 34.3 Å². The van der Waals surface area contributed by atoms with Gasteiger partial charge in [0.2, 0.25) is 0 Å². The number of methoxy groups -OCH3 is 1. The Morgan fingerprint density at radius 3 is 2.54 bits per heavy atom. The first kappa shape index (κ1) is 18.0. The van der Waals surface area contributed by atoms with Crippen molar-refractivity contribution in [2.24, 2.45) is 5.16 Å². The van der Waals surface area contributed by atoms with E-state index in [0.29, 0.717) is 15.6 Å². The summed E-state index contributed by atoms with van der Waals surface area (Å²) in [5.41, 5.74) is 1.18. The Morgan fingerprint density at radius 2 is 1.92 bits per heavy atom. The molecule has 1 aromatic heterocycles. The second-order valence-corrected chi connectivity index (χ2v) is 6.61. The number of hydrogen-bond donors (Lipinski definition) is 1. The van der Waals surface area contributed by atoms with Crippen molar-refractivity contribution in [1.82, 2.24) is 9.78 Å². The van der Waals surface area contributed by atoms with Crippen LogP contribution in [0.25, 0.3) is 5.69 Å². The van der Waals surface area contributed by atoms with Crippen molar-refractivity contribution in [1.29, 1.82) is 0 Å². The molecule has 1 heterocycles. The van der Waals surface area contributed by atoms with Crippen LogP contribution in [0.1, 0.15) is 16.1 Å². The highest BCUT2D eigenvalue weighted by Crippen LogP contribution is 2.34. The lowest BCUT2D eigenvalue weighted by molar-refractivity contribution is 0.0593. The van der Waals surface area contributed by atoms with Crippen molar-refractivity contribution in [3.05, 3.63) is 70.9 Å². The Balaban J connectivity index is 2.18. The van der Waals surface area contributed by atoms with Crippen LogP contribution in [0, 0.1) is 0 Å². The molecule has 0 aliphatic rings. The van der Waals surface area contributed by atoms with E-state index in [0.717, 1.165) is 10.6 Å². The Morgan fingerprint density at radius 1 is 1.23 bits per heavy atom. The van der Waals surface area contributed by atoms with E-state index < -0.39 is 5.97 Å². The zero-order chi connectivity index (χ0) is 18.5. The van der Waals surface area contributed by atoms with Gasteiger partial charge in [-0.05, 0) is 36.4 Å². The monoisotopic (exact) mass is 387 g/mol. The quantitative estimate of drug-likeness (QED) is 0.306. The molecule has 0 amide bonds. The van der Waals surface area contributed by atoms with Crippen LogP contribution in [0.15, 0.2) is 69.7 Å². The van der Waals surface area contributed by atoms with Crippen molar-refractivity contribution in [2.75, 3.05) is 7.11 Å². The van der Waals surface area contributed by atoms with Crippen molar-refractivity contribution in [2.45, 2.75) is 9.92 Å². The fraction of sp³-hybridized carbons (Fsp3) is 0.0556. The summed E-state index contributed by atoms with van der Waals surface area (Å²) < 4.78 is 6.42. The lowest BCUT2D eigenvalue weighted by atomic mass is 10.2. The maximum Gasteiger partial charge on any atom is 0.359 e. The average molecular weight is 388 g/mol. The zero-order valence-electron chi connectivity index (χ0n) is 13.7. The van der Waals surface area contributed by atoms with E-state index in [1.165, 1.54) is 25.1 Å². The molecule has 3 aromatic rings. The molecule has 132 valence electrons. The molecule has 3 rings (SSSR count). The predicted molar refractivity (Wildman–Crippen MR) is 99.9 cm³/mol. The first-order chi connectivity index (χ1) is 12.6. The molecule has 26 heavy (non-hydrogen) atoms. The Labute approximate surface area is 159 Å². The van der Waals surface area contributed by atoms with E-state index in [-0.39, 0.29) is 5.69 Å². The highest BCUT2D eigenvalue weighted by atomic mass is 35.5. The maximum atomic E-state index is 12.1. The second kappa shape index (κ2) is 8.07. The molecule has 0 spiro atoms. The van der Waals surface area contributed by atoms with Gasteiger partial charge in [0.1, 0.15) is 5.03 Å². The fourth-order valence-corrected chi connectivity index (χ4v) is 3.41. The van der Waals surface area contributed by atoms with Crippen LogP contribution in [0.2, 0.25) is 5.02 Å². The van der Waals surface area contributed by atoms with Gasteiger partial charge in [-0.3, -0.25) is 0 Å². The lowest BCUT2D eigenvalue weighted by Gasteiger charge is -2.08. The summed E-state index contributed by atoms with van der Waals surface area (Å²) in [5.74, 6) is -0.618. The molecule has 8 heteroatoms. The third-order valence-corrected chi connectivity index (χ3v) is 4.82. The Hall–Kier alpha value is -2.77. The summed E-state index contributed by atoms with van der Waals surface area (Å²) in [7, 11) is 1.27. The van der Waals surface area contributed by atoms with Gasteiger partial charge in [-0.1, -0.05) is 46.7 Å². The number of benzene rings is 2. The lowest BCUT2D eigenvalue weighted by Crippen LogP contribution is -2.06. The second-order valence-electron chi connectivity index (χ2n) is 5.11. The number of aromatic nitrogens is 2. The van der Waals surface area contributed by atoms with Gasteiger partial charge in [-0.15, -0.1) is 0 Å². The van der Waals surface area contributed by atoms with Crippen molar-refractivity contribution in [3.63, 3.8) is 0 Å². The molecule has 1 N–H and O–H groups in total. The first-order valence-corrected chi connectivity index (χ1v) is 8.71. The van der Waals surface area contributed by atoms with Gasteiger partial charge in [0, 0.05) is 9.92 Å². The molecular weight excluding hydrogens is 374 g/mol. The molecule has 0 fully saturated rings. The van der Waals surface area contributed by atoms with E-state index in [2.05, 4.69) is 10.3 Å². The summed E-state index contributed by atoms with van der Waals surface area (Å²) in [6.45, 7) is 0. The maximum absolute atomic E-state index is 12.1. The van der Waals surface area contributed by atoms with E-state index in [9.17, 15) is 4.79 Å². The molecule has 0 aliphatic carbocycles. The molecule has 0 radical (unpaired) electrons. The van der Waals surface area contributed by atoms with E-state index >= 15 is 0 Å². The predicted octanol–water partition coefficient (Wildman–Crippen LogP) is 4.27. The molecule has 0 saturated heterocycles. The van der Waals surface area contributed by atoms with Gasteiger partial charge < -0.3 is 9.94 Å². The van der Waals surface area contributed by atoms with Crippen molar-refractivity contribution >= 4 is 35.5 Å². The molecule has 0 atom stereocenters.